The highest BCUT2D eigenvalue weighted by Crippen LogP contribution is 2.28. The van der Waals surface area contributed by atoms with Gasteiger partial charge in [-0.25, -0.2) is 13.8 Å². The fourth-order valence-electron chi connectivity index (χ4n) is 3.72. The van der Waals surface area contributed by atoms with Crippen molar-refractivity contribution in [1.29, 1.82) is 0 Å². The number of hydrogen-bond donors (Lipinski definition) is 0. The Morgan fingerprint density at radius 1 is 0.917 bits per heavy atom. The van der Waals surface area contributed by atoms with E-state index in [2.05, 4.69) is 19.8 Å². The molecule has 11 heteroatoms. The summed E-state index contributed by atoms with van der Waals surface area (Å²) in [5.41, 5.74) is 1.43. The van der Waals surface area contributed by atoms with Crippen LogP contribution in [0.4, 0.5) is 17.6 Å². The van der Waals surface area contributed by atoms with Crippen molar-refractivity contribution in [1.82, 2.24) is 19.7 Å². The molecule has 5 rings (SSSR count). The highest BCUT2D eigenvalue weighted by Gasteiger charge is 2.18. The van der Waals surface area contributed by atoms with Gasteiger partial charge in [-0.15, -0.1) is 0 Å². The van der Waals surface area contributed by atoms with Gasteiger partial charge in [0, 0.05) is 17.6 Å². The van der Waals surface area contributed by atoms with E-state index < -0.39 is 25.2 Å². The summed E-state index contributed by atoms with van der Waals surface area (Å²) in [6.45, 7) is -3.88. The van der Waals surface area contributed by atoms with E-state index in [0.717, 1.165) is 10.9 Å². The summed E-state index contributed by atoms with van der Waals surface area (Å²) in [4.78, 5) is 22.2. The van der Waals surface area contributed by atoms with Crippen LogP contribution >= 0.6 is 0 Å². The minimum Gasteiger partial charge on any atom is -0.472 e. The lowest BCUT2D eigenvalue weighted by atomic mass is 10.1. The number of nitrogens with zero attached hydrogens (tertiary/aromatic N) is 4. The third-order valence-corrected chi connectivity index (χ3v) is 5.26. The molecule has 0 aliphatic rings. The minimum atomic E-state index is -3.01. The number of alkyl halides is 4. The van der Waals surface area contributed by atoms with Gasteiger partial charge in [0.2, 0.25) is 5.88 Å². The van der Waals surface area contributed by atoms with Crippen molar-refractivity contribution < 1.29 is 27.0 Å². The predicted molar refractivity (Wildman–Crippen MR) is 124 cm³/mol. The maximum Gasteiger partial charge on any atom is 0.387 e. The molecule has 0 spiro atoms. The van der Waals surface area contributed by atoms with Crippen molar-refractivity contribution in [2.24, 2.45) is 0 Å². The first-order chi connectivity index (χ1) is 17.4. The van der Waals surface area contributed by atoms with Crippen molar-refractivity contribution in [2.45, 2.75) is 13.0 Å². The molecule has 0 aliphatic carbocycles. The molecule has 2 aromatic carbocycles. The number of halogens is 4. The van der Waals surface area contributed by atoms with Crippen molar-refractivity contribution >= 4 is 21.9 Å². The zero-order chi connectivity index (χ0) is 25.2. The summed E-state index contributed by atoms with van der Waals surface area (Å²) in [5.74, 6) is -0.208. The fourth-order valence-corrected chi connectivity index (χ4v) is 3.72. The van der Waals surface area contributed by atoms with E-state index >= 15 is 0 Å². The fraction of sp³-hybridized carbons (Fsp3) is 0.120. The van der Waals surface area contributed by atoms with Crippen molar-refractivity contribution in [2.75, 3.05) is 6.61 Å². The van der Waals surface area contributed by atoms with Crippen LogP contribution in [0.3, 0.4) is 0 Å². The monoisotopic (exact) mass is 496 g/mol. The molecule has 36 heavy (non-hydrogen) atoms. The van der Waals surface area contributed by atoms with E-state index in [1.165, 1.54) is 41.1 Å². The summed E-state index contributed by atoms with van der Waals surface area (Å²) in [5, 5.41) is 5.21. The van der Waals surface area contributed by atoms with Gasteiger partial charge in [-0.1, -0.05) is 18.2 Å². The molecule has 0 amide bonds. The van der Waals surface area contributed by atoms with Crippen LogP contribution in [0.15, 0.2) is 77.7 Å². The van der Waals surface area contributed by atoms with Crippen LogP contribution in [0.5, 0.6) is 11.6 Å². The lowest BCUT2D eigenvalue weighted by Crippen LogP contribution is -2.23. The molecule has 0 bridgehead atoms. The lowest BCUT2D eigenvalue weighted by Gasteiger charge is -2.13. The molecule has 0 radical (unpaired) electrons. The first-order valence-electron chi connectivity index (χ1n) is 10.6. The molecular weight excluding hydrogens is 480 g/mol. The number of benzene rings is 2. The van der Waals surface area contributed by atoms with Crippen LogP contribution in [-0.4, -0.2) is 39.4 Å². The Kier molecular flexibility index (Phi) is 6.19. The molecule has 0 fully saturated rings. The zero-order valence-corrected chi connectivity index (χ0v) is 18.3. The molecule has 0 atom stereocenters. The predicted octanol–water partition coefficient (Wildman–Crippen LogP) is 5.24. The average Bonchev–Trinajstić information content (AvgIpc) is 2.87. The molecule has 0 unspecified atom stereocenters. The van der Waals surface area contributed by atoms with Gasteiger partial charge in [0.25, 0.3) is 12.0 Å². The van der Waals surface area contributed by atoms with Crippen LogP contribution in [0, 0.1) is 0 Å². The summed E-state index contributed by atoms with van der Waals surface area (Å²) in [7, 11) is 0. The molecule has 0 saturated heterocycles. The molecule has 3 heterocycles. The van der Waals surface area contributed by atoms with Crippen LogP contribution in [0.2, 0.25) is 0 Å². The van der Waals surface area contributed by atoms with E-state index in [-0.39, 0.29) is 28.2 Å². The van der Waals surface area contributed by atoms with Crippen LogP contribution in [0.25, 0.3) is 38.8 Å². The quantitative estimate of drug-likeness (QED) is 0.287. The smallest absolute Gasteiger partial charge is 0.387 e. The molecule has 0 saturated carbocycles. The molecular formula is C25H16F4N4O3. The summed E-state index contributed by atoms with van der Waals surface area (Å²) in [6, 6.07) is 17.1. The number of hydrogen-bond acceptors (Lipinski definition) is 6. The lowest BCUT2D eigenvalue weighted by molar-refractivity contribution is -0.0498. The third-order valence-electron chi connectivity index (χ3n) is 5.26. The van der Waals surface area contributed by atoms with Gasteiger partial charge >= 0.3 is 6.61 Å². The molecule has 0 aliphatic heterocycles. The normalized spacial score (nSPS) is 11.5. The Bertz CT molecular complexity index is 1610. The number of aromatic nitrogens is 4. The van der Waals surface area contributed by atoms with E-state index in [1.54, 1.807) is 30.5 Å². The van der Waals surface area contributed by atoms with Crippen molar-refractivity contribution in [3.63, 3.8) is 0 Å². The number of pyridine rings is 2. The van der Waals surface area contributed by atoms with Crippen LogP contribution in [-0.2, 0) is 0 Å². The van der Waals surface area contributed by atoms with Gasteiger partial charge in [-0.3, -0.25) is 9.78 Å². The van der Waals surface area contributed by atoms with E-state index in [4.69, 9.17) is 4.74 Å². The van der Waals surface area contributed by atoms with Crippen LogP contribution < -0.4 is 15.0 Å². The molecule has 5 aromatic rings. The van der Waals surface area contributed by atoms with Gasteiger partial charge in [0.15, 0.2) is 6.61 Å². The third kappa shape index (κ3) is 4.67. The molecule has 182 valence electrons. The highest BCUT2D eigenvalue weighted by molar-refractivity contribution is 5.91. The van der Waals surface area contributed by atoms with Crippen molar-refractivity contribution in [3.05, 3.63) is 83.3 Å². The SMILES string of the molecule is O=c1c(-c2ccc(OC(F)F)cc2)c2nc(OCC(F)F)ccc2nn1-c1ccc2ncccc2c1. The summed E-state index contributed by atoms with van der Waals surface area (Å²) < 4.78 is 61.0. The Balaban J connectivity index is 1.70. The second kappa shape index (κ2) is 9.61. The van der Waals surface area contributed by atoms with Gasteiger partial charge in [0.1, 0.15) is 16.8 Å². The largest absolute Gasteiger partial charge is 0.472 e. The Hall–Kier alpha value is -4.54. The second-order valence-electron chi connectivity index (χ2n) is 7.59. The average molecular weight is 496 g/mol. The van der Waals surface area contributed by atoms with E-state index in [1.807, 2.05) is 6.07 Å². The zero-order valence-electron chi connectivity index (χ0n) is 18.3. The molecule has 3 aromatic heterocycles. The van der Waals surface area contributed by atoms with E-state index in [9.17, 15) is 22.4 Å². The Labute approximate surface area is 200 Å². The van der Waals surface area contributed by atoms with Crippen LogP contribution in [0.1, 0.15) is 0 Å². The Morgan fingerprint density at radius 2 is 1.69 bits per heavy atom. The number of rotatable bonds is 7. The highest BCUT2D eigenvalue weighted by atomic mass is 19.3. The maximum absolute atomic E-state index is 13.7. The second-order valence-corrected chi connectivity index (χ2v) is 7.59. The maximum atomic E-state index is 13.7. The Morgan fingerprint density at radius 3 is 2.44 bits per heavy atom. The van der Waals surface area contributed by atoms with Gasteiger partial charge in [-0.05, 0) is 48.0 Å². The van der Waals surface area contributed by atoms with Gasteiger partial charge in [-0.2, -0.15) is 18.6 Å². The van der Waals surface area contributed by atoms with Crippen molar-refractivity contribution in [3.8, 4) is 28.4 Å². The number of fused-ring (bicyclic) bond motifs is 2. The first-order valence-corrected chi connectivity index (χ1v) is 10.6. The summed E-state index contributed by atoms with van der Waals surface area (Å²) in [6.07, 6.45) is -1.06. The standard InChI is InChI=1S/C25H16F4N4O3/c26-20(27)13-35-21-10-9-19-23(31-21)22(14-3-6-17(7-4-14)36-25(28)29)24(34)33(32-19)16-5-8-18-15(12-16)2-1-11-30-18/h1-12,20,25H,13H2. The topological polar surface area (TPSA) is 79.1 Å². The summed E-state index contributed by atoms with van der Waals surface area (Å²) >= 11 is 0. The van der Waals surface area contributed by atoms with Gasteiger partial charge in [0.05, 0.1) is 16.8 Å². The van der Waals surface area contributed by atoms with E-state index in [0.29, 0.717) is 11.3 Å². The molecule has 0 N–H and O–H groups in total. The molecule has 7 nitrogen and oxygen atoms in total. The first kappa shape index (κ1) is 23.2. The number of ether oxygens (including phenoxy) is 2. The minimum absolute atomic E-state index is 0.0809. The van der Waals surface area contributed by atoms with Gasteiger partial charge < -0.3 is 9.47 Å².